The van der Waals surface area contributed by atoms with Crippen LogP contribution in [0.5, 0.6) is 0 Å². The van der Waals surface area contributed by atoms with E-state index in [-0.39, 0.29) is 0 Å². The first kappa shape index (κ1) is 17.9. The lowest BCUT2D eigenvalue weighted by molar-refractivity contribution is 0.173. The highest BCUT2D eigenvalue weighted by Crippen LogP contribution is 2.23. The SMILES string of the molecule is Cc1cc(N(C)C)n2nc(CN3CCC(Cc4ccccc4)CC3)nc2n1. The number of likely N-dealkylation sites (tertiary alicyclic amines) is 1. The van der Waals surface area contributed by atoms with Crippen LogP contribution in [0.2, 0.25) is 0 Å². The third-order valence-corrected chi connectivity index (χ3v) is 5.36. The summed E-state index contributed by atoms with van der Waals surface area (Å²) in [6.07, 6.45) is 3.67. The zero-order chi connectivity index (χ0) is 18.8. The lowest BCUT2D eigenvalue weighted by Crippen LogP contribution is -2.34. The number of hydrogen-bond acceptors (Lipinski definition) is 5. The van der Waals surface area contributed by atoms with Crippen LogP contribution in [-0.2, 0) is 13.0 Å². The first-order valence-corrected chi connectivity index (χ1v) is 9.75. The third-order valence-electron chi connectivity index (χ3n) is 5.36. The summed E-state index contributed by atoms with van der Waals surface area (Å²) in [5.41, 5.74) is 2.42. The molecule has 0 bridgehead atoms. The molecule has 0 spiro atoms. The van der Waals surface area contributed by atoms with E-state index in [1.54, 1.807) is 0 Å². The maximum atomic E-state index is 4.72. The number of anilines is 1. The number of aryl methyl sites for hydroxylation is 1. The van der Waals surface area contributed by atoms with Gasteiger partial charge in [0, 0.05) is 25.9 Å². The van der Waals surface area contributed by atoms with Crippen molar-refractivity contribution in [2.75, 3.05) is 32.1 Å². The Morgan fingerprint density at radius 2 is 1.81 bits per heavy atom. The molecule has 1 aromatic carbocycles. The Labute approximate surface area is 160 Å². The van der Waals surface area contributed by atoms with E-state index in [4.69, 9.17) is 5.10 Å². The monoisotopic (exact) mass is 364 g/mol. The predicted octanol–water partition coefficient (Wildman–Crippen LogP) is 2.95. The van der Waals surface area contributed by atoms with Crippen LogP contribution in [0.25, 0.3) is 5.78 Å². The number of aromatic nitrogens is 4. The minimum Gasteiger partial charge on any atom is -0.363 e. The molecule has 0 radical (unpaired) electrons. The van der Waals surface area contributed by atoms with Crippen molar-refractivity contribution in [1.82, 2.24) is 24.5 Å². The molecule has 4 rings (SSSR count). The van der Waals surface area contributed by atoms with E-state index in [2.05, 4.69) is 50.1 Å². The molecule has 1 aliphatic heterocycles. The van der Waals surface area contributed by atoms with E-state index in [9.17, 15) is 0 Å². The third kappa shape index (κ3) is 4.11. The first-order chi connectivity index (χ1) is 13.1. The highest BCUT2D eigenvalue weighted by atomic mass is 15.4. The highest BCUT2D eigenvalue weighted by molar-refractivity contribution is 5.46. The molecule has 0 N–H and O–H groups in total. The zero-order valence-corrected chi connectivity index (χ0v) is 16.5. The molecule has 6 heteroatoms. The topological polar surface area (TPSA) is 49.6 Å². The fourth-order valence-corrected chi connectivity index (χ4v) is 3.89. The predicted molar refractivity (Wildman–Crippen MR) is 108 cm³/mol. The second kappa shape index (κ2) is 7.64. The van der Waals surface area contributed by atoms with Crippen molar-refractivity contribution in [2.45, 2.75) is 32.7 Å². The van der Waals surface area contributed by atoms with E-state index < -0.39 is 0 Å². The maximum Gasteiger partial charge on any atom is 0.254 e. The summed E-state index contributed by atoms with van der Waals surface area (Å²) in [4.78, 5) is 13.7. The Bertz CT molecular complexity index is 894. The zero-order valence-electron chi connectivity index (χ0n) is 16.5. The minimum atomic E-state index is 0.688. The molecule has 0 saturated carbocycles. The Hall–Kier alpha value is -2.47. The number of fused-ring (bicyclic) bond motifs is 1. The summed E-state index contributed by atoms with van der Waals surface area (Å²) in [6, 6.07) is 12.9. The lowest BCUT2D eigenvalue weighted by atomic mass is 9.90. The van der Waals surface area contributed by atoms with Gasteiger partial charge in [0.05, 0.1) is 6.54 Å². The summed E-state index contributed by atoms with van der Waals surface area (Å²) in [5.74, 6) is 3.34. The van der Waals surface area contributed by atoms with Gasteiger partial charge in [0.1, 0.15) is 5.82 Å². The Morgan fingerprint density at radius 1 is 1.07 bits per heavy atom. The van der Waals surface area contributed by atoms with Crippen molar-refractivity contribution >= 4 is 11.6 Å². The number of nitrogens with zero attached hydrogens (tertiary/aromatic N) is 6. The fourth-order valence-electron chi connectivity index (χ4n) is 3.89. The van der Waals surface area contributed by atoms with Gasteiger partial charge < -0.3 is 4.90 Å². The Kier molecular flexibility index (Phi) is 5.07. The van der Waals surface area contributed by atoms with E-state index in [0.29, 0.717) is 5.78 Å². The quantitative estimate of drug-likeness (QED) is 0.697. The van der Waals surface area contributed by atoms with Crippen LogP contribution in [-0.4, -0.2) is 51.7 Å². The summed E-state index contributed by atoms with van der Waals surface area (Å²) in [7, 11) is 4.04. The van der Waals surface area contributed by atoms with Crippen molar-refractivity contribution in [3.8, 4) is 0 Å². The summed E-state index contributed by atoms with van der Waals surface area (Å²) < 4.78 is 1.85. The van der Waals surface area contributed by atoms with Crippen molar-refractivity contribution in [3.63, 3.8) is 0 Å². The molecule has 1 aliphatic rings. The van der Waals surface area contributed by atoms with Crippen LogP contribution < -0.4 is 4.90 Å². The normalized spacial score (nSPS) is 16.1. The van der Waals surface area contributed by atoms with Crippen molar-refractivity contribution < 1.29 is 0 Å². The van der Waals surface area contributed by atoms with Crippen LogP contribution in [0.3, 0.4) is 0 Å². The van der Waals surface area contributed by atoms with Crippen molar-refractivity contribution in [3.05, 3.63) is 53.5 Å². The van der Waals surface area contributed by atoms with Crippen LogP contribution in [0, 0.1) is 12.8 Å². The van der Waals surface area contributed by atoms with E-state index in [1.807, 2.05) is 31.6 Å². The smallest absolute Gasteiger partial charge is 0.254 e. The molecule has 0 amide bonds. The first-order valence-electron chi connectivity index (χ1n) is 9.75. The summed E-state index contributed by atoms with van der Waals surface area (Å²) >= 11 is 0. The molecule has 3 heterocycles. The average Bonchev–Trinajstić information content (AvgIpc) is 3.05. The largest absolute Gasteiger partial charge is 0.363 e. The molecule has 3 aromatic rings. The number of rotatable bonds is 5. The van der Waals surface area contributed by atoms with Crippen LogP contribution >= 0.6 is 0 Å². The molecule has 27 heavy (non-hydrogen) atoms. The minimum absolute atomic E-state index is 0.688. The molecule has 142 valence electrons. The van der Waals surface area contributed by atoms with Gasteiger partial charge in [-0.2, -0.15) is 9.50 Å². The summed E-state index contributed by atoms with van der Waals surface area (Å²) in [6.45, 7) is 5.02. The molecular weight excluding hydrogens is 336 g/mol. The number of piperidine rings is 1. The van der Waals surface area contributed by atoms with Gasteiger partial charge in [0.2, 0.25) is 0 Å². The van der Waals surface area contributed by atoms with Gasteiger partial charge >= 0.3 is 0 Å². The number of hydrogen-bond donors (Lipinski definition) is 0. The van der Waals surface area contributed by atoms with E-state index in [0.717, 1.165) is 42.9 Å². The van der Waals surface area contributed by atoms with Gasteiger partial charge in [0.15, 0.2) is 5.82 Å². The molecule has 6 nitrogen and oxygen atoms in total. The van der Waals surface area contributed by atoms with E-state index in [1.165, 1.54) is 24.8 Å². The van der Waals surface area contributed by atoms with Gasteiger partial charge in [-0.25, -0.2) is 4.98 Å². The fraction of sp³-hybridized carbons (Fsp3) is 0.476. The lowest BCUT2D eigenvalue weighted by Gasteiger charge is -2.31. The Balaban J connectivity index is 1.40. The molecule has 2 aromatic heterocycles. The number of benzene rings is 1. The Morgan fingerprint density at radius 3 is 2.52 bits per heavy atom. The summed E-state index contributed by atoms with van der Waals surface area (Å²) in [5, 5.41) is 4.72. The highest BCUT2D eigenvalue weighted by Gasteiger charge is 2.21. The second-order valence-electron chi connectivity index (χ2n) is 7.80. The van der Waals surface area contributed by atoms with Gasteiger partial charge in [-0.1, -0.05) is 30.3 Å². The van der Waals surface area contributed by atoms with Crippen LogP contribution in [0.4, 0.5) is 5.82 Å². The molecule has 0 aliphatic carbocycles. The van der Waals surface area contributed by atoms with E-state index >= 15 is 0 Å². The molecule has 1 fully saturated rings. The van der Waals surface area contributed by atoms with Crippen LogP contribution in [0.1, 0.15) is 29.9 Å². The molecule has 0 atom stereocenters. The standard InChI is InChI=1S/C21H28N6/c1-16-13-20(25(2)3)27-21(22-16)23-19(24-27)15-26-11-9-18(10-12-26)14-17-7-5-4-6-8-17/h4-8,13,18H,9-12,14-15H2,1-3H3. The van der Waals surface area contributed by atoms with Crippen LogP contribution in [0.15, 0.2) is 36.4 Å². The molecule has 0 unspecified atom stereocenters. The second-order valence-corrected chi connectivity index (χ2v) is 7.80. The molecular formula is C21H28N6. The maximum absolute atomic E-state index is 4.72. The average molecular weight is 364 g/mol. The van der Waals surface area contributed by atoms with Crippen molar-refractivity contribution in [2.24, 2.45) is 5.92 Å². The molecule has 1 saturated heterocycles. The van der Waals surface area contributed by atoms with Gasteiger partial charge in [-0.15, -0.1) is 5.10 Å². The van der Waals surface area contributed by atoms with Gasteiger partial charge in [-0.05, 0) is 50.8 Å². The van der Waals surface area contributed by atoms with Crippen molar-refractivity contribution in [1.29, 1.82) is 0 Å². The van der Waals surface area contributed by atoms with Gasteiger partial charge in [0.25, 0.3) is 5.78 Å². The van der Waals surface area contributed by atoms with Gasteiger partial charge in [-0.3, -0.25) is 4.90 Å².